The van der Waals surface area contributed by atoms with E-state index in [0.717, 1.165) is 87.4 Å². The molecule has 0 spiro atoms. The summed E-state index contributed by atoms with van der Waals surface area (Å²) in [7, 11) is -1.08. The van der Waals surface area contributed by atoms with Crippen LogP contribution in [-0.2, 0) is 66.3 Å². The Morgan fingerprint density at radius 1 is 0.435 bits per heavy atom. The van der Waals surface area contributed by atoms with E-state index in [0.29, 0.717) is 48.2 Å². The van der Waals surface area contributed by atoms with E-state index < -0.39 is 154 Å². The van der Waals surface area contributed by atoms with Crippen LogP contribution in [0.5, 0.6) is 11.5 Å². The third-order valence-corrected chi connectivity index (χ3v) is 26.5. The van der Waals surface area contributed by atoms with Crippen molar-refractivity contribution in [1.29, 1.82) is 0 Å². The van der Waals surface area contributed by atoms with Crippen LogP contribution < -0.4 is 20.1 Å². The zero-order valence-electron chi connectivity index (χ0n) is 66.6. The van der Waals surface area contributed by atoms with Gasteiger partial charge in [0.1, 0.15) is 46.4 Å². The van der Waals surface area contributed by atoms with Crippen molar-refractivity contribution in [2.45, 2.75) is 226 Å². The fourth-order valence-corrected chi connectivity index (χ4v) is 20.9. The van der Waals surface area contributed by atoms with Crippen LogP contribution in [0.4, 0.5) is 87.8 Å². The van der Waals surface area contributed by atoms with Crippen molar-refractivity contribution < 1.29 is 157 Å². The number of rotatable bonds is 23. The number of hydrogen-bond donors (Lipinski definition) is 6. The predicted molar refractivity (Wildman–Crippen MR) is 427 cm³/mol. The summed E-state index contributed by atoms with van der Waals surface area (Å²) in [4.78, 5) is 45.4. The molecule has 12 nitrogen and oxygen atoms in total. The molecule has 0 aliphatic heterocycles. The number of carbonyl (C=O) groups excluding carboxylic acids is 2. The molecular formula is C88H90BBrF20N2O10PPd+. The Balaban J connectivity index is 0.000000249. The third kappa shape index (κ3) is 29.8. The molecule has 0 aromatic heterocycles. The van der Waals surface area contributed by atoms with E-state index in [1.165, 1.54) is 29.1 Å². The summed E-state index contributed by atoms with van der Waals surface area (Å²) in [5, 5.41) is 36.4. The number of carbonyl (C=O) groups is 4. The zero-order chi connectivity index (χ0) is 90.5. The van der Waals surface area contributed by atoms with Crippen LogP contribution in [0.1, 0.15) is 213 Å². The average molecular weight is 1940 g/mol. The number of amides is 2. The van der Waals surface area contributed by atoms with E-state index in [4.69, 9.17) is 29.9 Å². The van der Waals surface area contributed by atoms with Crippen LogP contribution in [0.2, 0.25) is 5.82 Å². The summed E-state index contributed by atoms with van der Waals surface area (Å²) in [6, 6.07) is 29.4. The number of benzene rings is 8. The Bertz CT molecular complexity index is 4770. The van der Waals surface area contributed by atoms with E-state index in [1.807, 2.05) is 0 Å². The number of aliphatic carboxylic acids is 2. The fraction of sp³-hybridized carbons (Fsp3) is 0.409. The molecule has 5 fully saturated rings. The first-order valence-electron chi connectivity index (χ1n) is 39.5. The summed E-state index contributed by atoms with van der Waals surface area (Å²) in [6.45, 7) is 2.17. The quantitative estimate of drug-likeness (QED) is 0.0204. The van der Waals surface area contributed by atoms with Gasteiger partial charge in [0.15, 0.2) is 0 Å². The van der Waals surface area contributed by atoms with E-state index in [9.17, 15) is 93.0 Å². The fourth-order valence-electron chi connectivity index (χ4n) is 15.3. The normalized spacial score (nSPS) is 16.2. The van der Waals surface area contributed by atoms with Gasteiger partial charge in [0.25, 0.3) is 23.8 Å². The molecule has 8 aromatic rings. The first-order chi connectivity index (χ1) is 57.8. The smallest absolute Gasteiger partial charge is 0.461 e. The molecule has 0 bridgehead atoms. The molecule has 6 N–H and O–H groups in total. The molecule has 5 saturated carbocycles. The molecule has 5 aliphatic rings. The van der Waals surface area contributed by atoms with Crippen molar-refractivity contribution in [3.05, 3.63) is 270 Å². The largest absolute Gasteiger partial charge is 0.481 e. The summed E-state index contributed by atoms with van der Waals surface area (Å²) in [6.07, 6.45) is -2.73. The number of hydrogen-bond acceptors (Lipinski definition) is 8. The van der Waals surface area contributed by atoms with Crippen molar-refractivity contribution in [3.63, 3.8) is 0 Å². The van der Waals surface area contributed by atoms with Gasteiger partial charge in [-0.25, -0.2) is 26.3 Å². The van der Waals surface area contributed by atoms with Crippen LogP contribution in [0.25, 0.3) is 0 Å². The van der Waals surface area contributed by atoms with Crippen LogP contribution >= 0.6 is 23.9 Å². The van der Waals surface area contributed by atoms with Crippen molar-refractivity contribution >= 4 is 54.7 Å². The minimum Gasteiger partial charge on any atom is -0.481 e. The van der Waals surface area contributed by atoms with E-state index in [-0.39, 0.29) is 91.8 Å². The molecule has 0 heterocycles. The first-order valence-corrected chi connectivity index (χ1v) is 42.0. The SMILES string of the molecule is C1CCC([PH+](C2CCCCC2)C2CCCCC2)CC1.CC(=O)O.CC(=O)O.O=C(N[C@@](Cc1ccccc1)(c1cc(F)cc(OC(F)(F)C(F)F)c1)c1ccc(F)c(Br)c1)c1ccc(F)c(C(F)(F)F)c1.O=C(N[C@@](Cc1ccccc1)(c1cc(F)cc(OC(F)(F)C(F)F)c1)c1ccc(F)c(C2CC2)c1)c1ccc(F)c(C(F)(F)F)c1.OB(O)C1CC1.[Pd]. The van der Waals surface area contributed by atoms with Gasteiger partial charge in [0, 0.05) is 78.3 Å². The Labute approximate surface area is 726 Å². The van der Waals surface area contributed by atoms with Gasteiger partial charge in [-0.05, 0) is 241 Å². The Morgan fingerprint density at radius 3 is 1.08 bits per heavy atom. The molecule has 2 amide bonds. The van der Waals surface area contributed by atoms with Gasteiger partial charge in [-0.15, -0.1) is 0 Å². The van der Waals surface area contributed by atoms with Crippen LogP contribution in [-0.4, -0.2) is 93.2 Å². The van der Waals surface area contributed by atoms with Gasteiger partial charge in [-0.1, -0.05) is 105 Å². The summed E-state index contributed by atoms with van der Waals surface area (Å²) < 4.78 is 284. The van der Waals surface area contributed by atoms with Gasteiger partial charge < -0.3 is 40.4 Å². The van der Waals surface area contributed by atoms with Gasteiger partial charge in [-0.3, -0.25) is 19.2 Å². The van der Waals surface area contributed by atoms with Crippen molar-refractivity contribution in [2.75, 3.05) is 0 Å². The Kier molecular flexibility index (Phi) is 37.8. The zero-order valence-corrected chi connectivity index (χ0v) is 70.8. The maximum atomic E-state index is 15.1. The molecule has 8 aromatic carbocycles. The first kappa shape index (κ1) is 102. The molecule has 0 unspecified atom stereocenters. The molecule has 5 aliphatic carbocycles. The number of carboxylic acids is 2. The monoisotopic (exact) mass is 1940 g/mol. The van der Waals surface area contributed by atoms with Gasteiger partial charge in [-0.2, -0.15) is 61.5 Å². The van der Waals surface area contributed by atoms with Crippen molar-refractivity contribution in [1.82, 2.24) is 10.6 Å². The molecular weight excluding hydrogens is 1850 g/mol. The maximum Gasteiger partial charge on any atom is 0.461 e. The summed E-state index contributed by atoms with van der Waals surface area (Å²) >= 11 is 3.00. The van der Waals surface area contributed by atoms with Crippen LogP contribution in [0.15, 0.2) is 174 Å². The topological polar surface area (TPSA) is 192 Å². The van der Waals surface area contributed by atoms with E-state index in [1.54, 1.807) is 157 Å². The molecule has 36 heteroatoms. The number of ether oxygens (including phenoxy) is 2. The number of halogens is 21. The average Bonchev–Trinajstić information content (AvgIpc) is 0.770. The van der Waals surface area contributed by atoms with Crippen molar-refractivity contribution in [2.24, 2.45) is 0 Å². The van der Waals surface area contributed by atoms with Gasteiger partial charge in [0.05, 0.1) is 43.7 Å². The third-order valence-electron chi connectivity index (χ3n) is 21.3. The molecule has 124 heavy (non-hydrogen) atoms. The molecule has 0 radical (unpaired) electrons. The minimum absolute atomic E-state index is 0. The van der Waals surface area contributed by atoms with Gasteiger partial charge in [0.2, 0.25) is 0 Å². The van der Waals surface area contributed by atoms with Crippen LogP contribution in [0.3, 0.4) is 0 Å². The standard InChI is InChI=1S/C33H23F10NO2.C30H18BrF10NO2.C18H33P.C3H7BO2.2C2H4O2.Pd/c34-23-13-22(14-24(16-23)46-33(42,43)30(37)38)31(17-18-4-2-1-3-5-18,21-9-11-27(35)25(15-21)19-6-7-19)44-29(45)20-8-10-28(36)26(12-20)32(39,40)41;31-23-13-18(7-9-25(23)34)28(15-16-4-2-1-3-5-16,19-11-20(32)14-21(12-19)44-30(40,41)27(35)36)42-26(43)17-6-8-24(33)22(10-17)29(37,38)39;1-4-10-16(11-5-1)19(17-12-6-2-7-13-17)18-14-8-3-9-15-18;5-4(6)3-1-2-3;2*1-2(3)4;/h1-5,8-16,19,30H,6-7,17H2,(H,44,45);1-14,27H,15H2,(H,42,43);16-18H,1-15H2;3,5-6H,1-2H2;2*1H3,(H,3,4);/p+1/t31-;28-;;;;;/m11...../s1. The summed E-state index contributed by atoms with van der Waals surface area (Å²) in [5.41, 5.74) is -5.08. The molecule has 0 saturated heterocycles. The molecule has 13 rings (SSSR count). The second-order valence-corrected chi connectivity index (χ2v) is 34.9. The number of alkyl halides is 14. The Morgan fingerprint density at radius 2 is 0.774 bits per heavy atom. The second-order valence-electron chi connectivity index (χ2n) is 30.6. The number of nitrogens with one attached hydrogen (secondary N) is 2. The van der Waals surface area contributed by atoms with Gasteiger partial charge >= 0.3 is 44.5 Å². The van der Waals surface area contributed by atoms with E-state index in [2.05, 4.69) is 36.0 Å². The summed E-state index contributed by atoms with van der Waals surface area (Å²) in [5.74, 6) is -13.6. The van der Waals surface area contributed by atoms with E-state index >= 15 is 4.39 Å². The second kappa shape index (κ2) is 45.7. The molecule has 676 valence electrons. The van der Waals surface area contributed by atoms with Crippen molar-refractivity contribution in [3.8, 4) is 11.5 Å². The molecule has 2 atom stereocenters. The minimum atomic E-state index is -5.19. The van der Waals surface area contributed by atoms with Crippen LogP contribution in [0, 0.1) is 34.9 Å². The maximum absolute atomic E-state index is 15.1. The number of carboxylic acid groups (broad SMARTS) is 2. The Hall–Kier alpha value is -8.60. The predicted octanol–water partition coefficient (Wildman–Crippen LogP) is 24.2.